The number of nitrogens with zero attached hydrogens (tertiary/aromatic N) is 2. The minimum absolute atomic E-state index is 0.00347. The van der Waals surface area contributed by atoms with Crippen LogP contribution < -0.4 is 0 Å². The summed E-state index contributed by atoms with van der Waals surface area (Å²) in [5.41, 5.74) is -0.720. The standard InChI is InChI=1S/C51H88N2O16/c1-13-38-35(27-63-50-47(62-12)46(61-11)42(57)31(5)65-50)23-28(2)17-18-36(54)29(3)24-34(19-22-53-20-15-14-16-21-53)44(30(4)37(55)25-39(56)67-38)69-49-43(58)41(52(9)10)45(32(6)66-49)68-40-26-51(8,60)48(59)33(7)64-40/h17-18,23,29-35,37-38,40-50,55,57-60H,13-16,19-22,24-27H2,1-12H3/b18-17+,28-23+. The van der Waals surface area contributed by atoms with E-state index in [0.29, 0.717) is 19.3 Å². The molecule has 0 aromatic carbocycles. The first-order valence-corrected chi connectivity index (χ1v) is 25.5. The zero-order chi connectivity index (χ0) is 50.9. The van der Waals surface area contributed by atoms with Gasteiger partial charge in [0.05, 0.1) is 55.2 Å². The molecular formula is C51H88N2O16. The van der Waals surface area contributed by atoms with Gasteiger partial charge < -0.3 is 78.0 Å². The molecule has 398 valence electrons. The Morgan fingerprint density at radius 1 is 0.826 bits per heavy atom. The minimum atomic E-state index is -1.47. The molecule has 18 heteroatoms. The number of likely N-dealkylation sites (tertiary alicyclic amines) is 1. The third-order valence-corrected chi connectivity index (χ3v) is 15.3. The molecular weight excluding hydrogens is 897 g/mol. The zero-order valence-electron chi connectivity index (χ0n) is 43.4. The van der Waals surface area contributed by atoms with Gasteiger partial charge in [0.1, 0.15) is 42.7 Å². The fourth-order valence-electron chi connectivity index (χ4n) is 11.0. The molecule has 0 bridgehead atoms. The van der Waals surface area contributed by atoms with Gasteiger partial charge in [0.15, 0.2) is 24.7 Å². The number of likely N-dealkylation sites (N-methyl/N-ethyl adjacent to an activating group) is 1. The maximum Gasteiger partial charge on any atom is 0.308 e. The molecule has 0 amide bonds. The van der Waals surface area contributed by atoms with Crippen molar-refractivity contribution in [2.45, 2.75) is 211 Å². The second kappa shape index (κ2) is 26.3. The van der Waals surface area contributed by atoms with Crippen LogP contribution in [0.1, 0.15) is 107 Å². The van der Waals surface area contributed by atoms with Gasteiger partial charge >= 0.3 is 5.97 Å². The van der Waals surface area contributed by atoms with E-state index in [2.05, 4.69) is 4.90 Å². The summed E-state index contributed by atoms with van der Waals surface area (Å²) >= 11 is 0. The van der Waals surface area contributed by atoms with Gasteiger partial charge in [-0.25, -0.2) is 0 Å². The number of aliphatic hydroxyl groups is 5. The first kappa shape index (κ1) is 57.9. The Labute approximate surface area is 410 Å². The third kappa shape index (κ3) is 15.1. The van der Waals surface area contributed by atoms with Crippen LogP contribution in [0.3, 0.4) is 0 Å². The van der Waals surface area contributed by atoms with Crippen LogP contribution >= 0.6 is 0 Å². The maximum absolute atomic E-state index is 14.1. The van der Waals surface area contributed by atoms with Gasteiger partial charge in [-0.2, -0.15) is 0 Å². The molecule has 5 rings (SSSR count). The van der Waals surface area contributed by atoms with Gasteiger partial charge in [-0.1, -0.05) is 44.9 Å². The average Bonchev–Trinajstić information content (AvgIpc) is 3.30. The van der Waals surface area contributed by atoms with Crippen molar-refractivity contribution in [3.05, 3.63) is 23.8 Å². The van der Waals surface area contributed by atoms with Crippen molar-refractivity contribution in [1.82, 2.24) is 9.80 Å². The summed E-state index contributed by atoms with van der Waals surface area (Å²) < 4.78 is 55.7. The second-order valence-electron chi connectivity index (χ2n) is 21.0. The van der Waals surface area contributed by atoms with E-state index in [9.17, 15) is 35.1 Å². The topological polar surface area (TPSA) is 225 Å². The van der Waals surface area contributed by atoms with Gasteiger partial charge in [-0.15, -0.1) is 0 Å². The molecule has 5 heterocycles. The molecule has 5 aliphatic rings. The number of rotatable bonds is 14. The summed E-state index contributed by atoms with van der Waals surface area (Å²) in [5, 5.41) is 56.6. The Balaban J connectivity index is 1.44. The Hall–Kier alpha value is -1.98. The van der Waals surface area contributed by atoms with Crippen LogP contribution in [0, 0.1) is 23.7 Å². The predicted molar refractivity (Wildman–Crippen MR) is 255 cm³/mol. The number of hydrogen-bond donors (Lipinski definition) is 5. The molecule has 21 unspecified atom stereocenters. The summed E-state index contributed by atoms with van der Waals surface area (Å²) in [4.78, 5) is 32.4. The quantitative estimate of drug-likeness (QED) is 0.158. The van der Waals surface area contributed by atoms with Gasteiger partial charge in [-0.3, -0.25) is 9.59 Å². The normalized spacial score (nSPS) is 45.2. The van der Waals surface area contributed by atoms with Gasteiger partial charge in [-0.05, 0) is 112 Å². The molecule has 5 aliphatic heterocycles. The summed E-state index contributed by atoms with van der Waals surface area (Å²) in [7, 11) is 6.60. The maximum atomic E-state index is 14.1. The predicted octanol–water partition coefficient (Wildman–Crippen LogP) is 3.12. The number of allylic oxidation sites excluding steroid dienone is 3. The Morgan fingerprint density at radius 3 is 2.12 bits per heavy atom. The first-order chi connectivity index (χ1) is 32.6. The lowest BCUT2D eigenvalue weighted by Gasteiger charge is -2.50. The summed E-state index contributed by atoms with van der Waals surface area (Å²) in [6.45, 7) is 16.9. The molecule has 0 aliphatic carbocycles. The molecule has 0 saturated carbocycles. The summed E-state index contributed by atoms with van der Waals surface area (Å²) in [5.74, 6) is -2.72. The van der Waals surface area contributed by atoms with Gasteiger partial charge in [0.25, 0.3) is 0 Å². The van der Waals surface area contributed by atoms with E-state index < -0.39 is 127 Å². The van der Waals surface area contributed by atoms with Crippen LogP contribution in [0.2, 0.25) is 0 Å². The number of aliphatic hydroxyl groups excluding tert-OH is 4. The van der Waals surface area contributed by atoms with E-state index in [-0.39, 0.29) is 31.1 Å². The minimum Gasteiger partial charge on any atom is -0.462 e. The van der Waals surface area contributed by atoms with Crippen molar-refractivity contribution in [2.75, 3.05) is 54.6 Å². The largest absolute Gasteiger partial charge is 0.462 e. The van der Waals surface area contributed by atoms with Crippen molar-refractivity contribution in [3.8, 4) is 0 Å². The molecule has 18 nitrogen and oxygen atoms in total. The molecule has 21 atom stereocenters. The lowest BCUT2D eigenvalue weighted by molar-refractivity contribution is -0.342. The van der Waals surface area contributed by atoms with E-state index in [1.807, 2.05) is 59.7 Å². The first-order valence-electron chi connectivity index (χ1n) is 25.5. The number of ether oxygens (including phenoxy) is 9. The highest BCUT2D eigenvalue weighted by atomic mass is 16.7. The van der Waals surface area contributed by atoms with E-state index in [4.69, 9.17) is 42.6 Å². The molecule has 0 aromatic rings. The monoisotopic (exact) mass is 985 g/mol. The Kier molecular flexibility index (Phi) is 22.1. The molecule has 4 fully saturated rings. The number of hydrogen-bond acceptors (Lipinski definition) is 18. The van der Waals surface area contributed by atoms with Crippen molar-refractivity contribution in [1.29, 1.82) is 0 Å². The molecule has 5 N–H and O–H groups in total. The van der Waals surface area contributed by atoms with Crippen LogP contribution in [0.5, 0.6) is 0 Å². The Morgan fingerprint density at radius 2 is 1.49 bits per heavy atom. The van der Waals surface area contributed by atoms with Crippen LogP contribution in [0.4, 0.5) is 0 Å². The van der Waals surface area contributed by atoms with Crippen molar-refractivity contribution >= 4 is 11.8 Å². The van der Waals surface area contributed by atoms with Crippen LogP contribution in [0.15, 0.2) is 23.8 Å². The lowest BCUT2D eigenvalue weighted by Crippen LogP contribution is -2.65. The van der Waals surface area contributed by atoms with Crippen molar-refractivity contribution in [3.63, 3.8) is 0 Å². The number of esters is 1. The number of piperidine rings is 1. The lowest BCUT2D eigenvalue weighted by atomic mass is 9.79. The summed E-state index contributed by atoms with van der Waals surface area (Å²) in [6, 6.07) is -0.686. The van der Waals surface area contributed by atoms with Crippen LogP contribution in [0.25, 0.3) is 0 Å². The molecule has 0 aromatic heterocycles. The van der Waals surface area contributed by atoms with Crippen molar-refractivity contribution in [2.24, 2.45) is 23.7 Å². The van der Waals surface area contributed by atoms with Crippen LogP contribution in [-0.4, -0.2) is 205 Å². The average molecular weight is 985 g/mol. The summed E-state index contributed by atoms with van der Waals surface area (Å²) in [6.07, 6.45) is -3.68. The zero-order valence-corrected chi connectivity index (χ0v) is 43.4. The molecule has 4 saturated heterocycles. The fourth-order valence-corrected chi connectivity index (χ4v) is 11.0. The third-order valence-electron chi connectivity index (χ3n) is 15.3. The SMILES string of the molecule is CCC1OC(=O)CC(O)C(C)C(OC2OC(C)C(OC3CC(C)(O)C(O)C(C)O3)C(N(C)C)C2O)C(CCN2CCCCC2)CC(C)C(=O)/C=C/C(C)=C/C1COC1OC(C)C(O)C(OC)C1OC. The van der Waals surface area contributed by atoms with E-state index in [1.165, 1.54) is 27.6 Å². The number of carbonyl (C=O) groups is 2. The number of methoxy groups -OCH3 is 2. The molecule has 0 spiro atoms. The highest BCUT2D eigenvalue weighted by Gasteiger charge is 2.52. The second-order valence-corrected chi connectivity index (χ2v) is 21.0. The number of cyclic esters (lactones) is 1. The Bertz CT molecular complexity index is 1660. The number of carbonyl (C=O) groups excluding carboxylic acids is 2. The van der Waals surface area contributed by atoms with E-state index in [0.717, 1.165) is 38.0 Å². The highest BCUT2D eigenvalue weighted by molar-refractivity contribution is 5.91. The fraction of sp³-hybridized carbons (Fsp3) is 0.882. The number of ketones is 1. The van der Waals surface area contributed by atoms with Crippen LogP contribution in [-0.2, 0) is 52.2 Å². The van der Waals surface area contributed by atoms with Gasteiger partial charge in [0.2, 0.25) is 0 Å². The molecule has 0 radical (unpaired) electrons. The highest BCUT2D eigenvalue weighted by Crippen LogP contribution is 2.38. The smallest absolute Gasteiger partial charge is 0.308 e. The van der Waals surface area contributed by atoms with E-state index >= 15 is 0 Å². The van der Waals surface area contributed by atoms with Crippen molar-refractivity contribution < 1.29 is 77.8 Å². The van der Waals surface area contributed by atoms with Gasteiger partial charge in [0, 0.05) is 38.4 Å². The van der Waals surface area contributed by atoms with E-state index in [1.54, 1.807) is 26.0 Å². The molecule has 69 heavy (non-hydrogen) atoms.